The molecule has 4 rings (SSSR count). The van der Waals surface area contributed by atoms with E-state index in [4.69, 9.17) is 4.52 Å². The fourth-order valence-corrected chi connectivity index (χ4v) is 3.62. The van der Waals surface area contributed by atoms with Crippen molar-refractivity contribution in [2.24, 2.45) is 0 Å². The quantitative estimate of drug-likeness (QED) is 0.734. The zero-order valence-corrected chi connectivity index (χ0v) is 15.1. The maximum absolute atomic E-state index is 12.4. The van der Waals surface area contributed by atoms with Crippen LogP contribution in [-0.4, -0.2) is 20.6 Å². The second-order valence-electron chi connectivity index (χ2n) is 6.49. The molecule has 0 aromatic carbocycles. The molecule has 1 fully saturated rings. The zero-order valence-electron chi connectivity index (χ0n) is 14.3. The van der Waals surface area contributed by atoms with Crippen molar-refractivity contribution >= 4 is 17.2 Å². The van der Waals surface area contributed by atoms with Gasteiger partial charge in [0.05, 0.1) is 6.54 Å². The van der Waals surface area contributed by atoms with Gasteiger partial charge in [-0.2, -0.15) is 4.98 Å². The summed E-state index contributed by atoms with van der Waals surface area (Å²) in [5.74, 6) is 1.69. The van der Waals surface area contributed by atoms with Gasteiger partial charge in [-0.15, -0.1) is 11.3 Å². The largest absolute Gasteiger partial charge is 0.350 e. The topological polar surface area (TPSA) is 73.0 Å². The van der Waals surface area contributed by atoms with Gasteiger partial charge in [0.15, 0.2) is 5.82 Å². The smallest absolute Gasteiger partial charge is 0.274 e. The Morgan fingerprint density at radius 3 is 3.00 bits per heavy atom. The summed E-state index contributed by atoms with van der Waals surface area (Å²) in [6.07, 6.45) is 2.26. The summed E-state index contributed by atoms with van der Waals surface area (Å²) in [5.41, 5.74) is 2.88. The summed E-state index contributed by atoms with van der Waals surface area (Å²) in [4.78, 5) is 18.1. The Labute approximate surface area is 149 Å². The number of aryl methyl sites for hydroxylation is 2. The highest BCUT2D eigenvalue weighted by atomic mass is 32.1. The number of nitrogens with zero attached hydrogens (tertiary/aromatic N) is 3. The molecule has 0 spiro atoms. The first-order valence-corrected chi connectivity index (χ1v) is 9.29. The van der Waals surface area contributed by atoms with Gasteiger partial charge in [-0.3, -0.25) is 4.79 Å². The van der Waals surface area contributed by atoms with Crippen LogP contribution in [0.25, 0.3) is 11.6 Å². The molecule has 0 unspecified atom stereocenters. The molecule has 1 aliphatic carbocycles. The Balaban J connectivity index is 1.53. The van der Waals surface area contributed by atoms with Crippen molar-refractivity contribution in [2.45, 2.75) is 45.7 Å². The minimum absolute atomic E-state index is 0.0321. The normalized spacial score (nSPS) is 14.0. The van der Waals surface area contributed by atoms with Gasteiger partial charge in [-0.1, -0.05) is 11.2 Å². The van der Waals surface area contributed by atoms with Crippen LogP contribution in [-0.2, 0) is 17.9 Å². The highest BCUT2D eigenvalue weighted by Gasteiger charge is 2.30. The maximum atomic E-state index is 12.4. The van der Waals surface area contributed by atoms with E-state index in [1.165, 1.54) is 0 Å². The van der Waals surface area contributed by atoms with E-state index in [9.17, 15) is 4.79 Å². The third kappa shape index (κ3) is 3.37. The lowest BCUT2D eigenvalue weighted by Crippen LogP contribution is -2.27. The van der Waals surface area contributed by atoms with Crippen LogP contribution >= 0.6 is 11.3 Å². The van der Waals surface area contributed by atoms with Crippen LogP contribution in [0.2, 0.25) is 0 Å². The van der Waals surface area contributed by atoms with Crippen LogP contribution in [0.15, 0.2) is 28.1 Å². The van der Waals surface area contributed by atoms with Crippen molar-refractivity contribution in [1.29, 1.82) is 0 Å². The van der Waals surface area contributed by atoms with E-state index in [1.807, 2.05) is 42.0 Å². The predicted octanol–water partition coefficient (Wildman–Crippen LogP) is 3.41. The van der Waals surface area contributed by atoms with Crippen molar-refractivity contribution in [1.82, 2.24) is 20.0 Å². The van der Waals surface area contributed by atoms with Gasteiger partial charge in [-0.25, -0.2) is 0 Å². The first-order chi connectivity index (χ1) is 12.1. The molecule has 0 radical (unpaired) electrons. The van der Waals surface area contributed by atoms with Gasteiger partial charge in [0.1, 0.15) is 12.2 Å². The number of hydrogen-bond acceptors (Lipinski definition) is 5. The highest BCUT2D eigenvalue weighted by Crippen LogP contribution is 2.39. The molecule has 3 aromatic heterocycles. The molecule has 1 N–H and O–H groups in total. The Hall–Kier alpha value is -2.41. The van der Waals surface area contributed by atoms with Crippen molar-refractivity contribution in [3.63, 3.8) is 0 Å². The zero-order chi connectivity index (χ0) is 17.4. The van der Waals surface area contributed by atoms with E-state index in [0.717, 1.165) is 40.5 Å². The first-order valence-electron chi connectivity index (χ1n) is 8.41. The molecular formula is C18H20N4O2S. The first kappa shape index (κ1) is 16.1. The third-order valence-corrected chi connectivity index (χ3v) is 5.30. The number of aromatic nitrogens is 3. The molecule has 6 nitrogen and oxygen atoms in total. The minimum Gasteiger partial charge on any atom is -0.350 e. The number of hydrogen-bond donors (Lipinski definition) is 1. The van der Waals surface area contributed by atoms with Crippen LogP contribution in [0.5, 0.6) is 0 Å². The Kier molecular flexibility index (Phi) is 4.17. The molecule has 0 atom stereocenters. The molecule has 25 heavy (non-hydrogen) atoms. The van der Waals surface area contributed by atoms with Crippen LogP contribution in [0.3, 0.4) is 0 Å². The molecule has 7 heteroatoms. The number of amides is 1. The highest BCUT2D eigenvalue weighted by molar-refractivity contribution is 7.09. The lowest BCUT2D eigenvalue weighted by atomic mass is 10.2. The summed E-state index contributed by atoms with van der Waals surface area (Å²) < 4.78 is 7.42. The molecule has 3 heterocycles. The molecule has 1 amide bonds. The average Bonchev–Trinajstić information content (AvgIpc) is 3.00. The minimum atomic E-state index is -0.0321. The standard InChI is InChI=1S/C18H20N4O2S/c1-11-8-12(2)22(10-15(23)19-9-14-4-3-7-25-14)16(11)18-20-17(21-24-18)13-5-6-13/h3-4,7-8,13H,5-6,9-10H2,1-2H3,(H,19,23). The second kappa shape index (κ2) is 6.48. The van der Waals surface area contributed by atoms with Gasteiger partial charge in [0.2, 0.25) is 5.91 Å². The van der Waals surface area contributed by atoms with Crippen molar-refractivity contribution in [2.75, 3.05) is 0 Å². The molecule has 0 bridgehead atoms. The van der Waals surface area contributed by atoms with E-state index >= 15 is 0 Å². The number of thiophene rings is 1. The average molecular weight is 356 g/mol. The second-order valence-corrected chi connectivity index (χ2v) is 7.52. The molecular weight excluding hydrogens is 336 g/mol. The summed E-state index contributed by atoms with van der Waals surface area (Å²) in [5, 5.41) is 9.07. The van der Waals surface area contributed by atoms with Crippen LogP contribution < -0.4 is 5.32 Å². The van der Waals surface area contributed by atoms with Gasteiger partial charge >= 0.3 is 0 Å². The number of nitrogens with one attached hydrogen (secondary N) is 1. The number of carbonyl (C=O) groups is 1. The third-order valence-electron chi connectivity index (χ3n) is 4.42. The van der Waals surface area contributed by atoms with Crippen LogP contribution in [0.1, 0.15) is 40.7 Å². The molecule has 3 aromatic rings. The molecule has 130 valence electrons. The molecule has 1 aliphatic rings. The van der Waals surface area contributed by atoms with Crippen molar-refractivity contribution in [3.8, 4) is 11.6 Å². The monoisotopic (exact) mass is 356 g/mol. The summed E-state index contributed by atoms with van der Waals surface area (Å²) in [6, 6.07) is 6.04. The summed E-state index contributed by atoms with van der Waals surface area (Å²) >= 11 is 1.64. The van der Waals surface area contributed by atoms with E-state index < -0.39 is 0 Å². The summed E-state index contributed by atoms with van der Waals surface area (Å²) in [6.45, 7) is 4.78. The number of carbonyl (C=O) groups excluding carboxylic acids is 1. The van der Waals surface area contributed by atoms with Crippen LogP contribution in [0, 0.1) is 13.8 Å². The van der Waals surface area contributed by atoms with Crippen molar-refractivity contribution in [3.05, 3.63) is 45.5 Å². The van der Waals surface area contributed by atoms with Gasteiger partial charge < -0.3 is 14.4 Å². The lowest BCUT2D eigenvalue weighted by Gasteiger charge is -2.10. The number of rotatable bonds is 6. The fraction of sp³-hybridized carbons (Fsp3) is 0.389. The van der Waals surface area contributed by atoms with E-state index in [0.29, 0.717) is 18.4 Å². The van der Waals surface area contributed by atoms with E-state index in [1.54, 1.807) is 11.3 Å². The molecule has 0 saturated heterocycles. The molecule has 1 saturated carbocycles. The lowest BCUT2D eigenvalue weighted by molar-refractivity contribution is -0.121. The van der Waals surface area contributed by atoms with E-state index in [-0.39, 0.29) is 12.5 Å². The van der Waals surface area contributed by atoms with Gasteiger partial charge in [-0.05, 0) is 49.8 Å². The van der Waals surface area contributed by atoms with Crippen molar-refractivity contribution < 1.29 is 9.32 Å². The van der Waals surface area contributed by atoms with E-state index in [2.05, 4.69) is 15.5 Å². The Bertz CT molecular complexity index is 890. The molecule has 0 aliphatic heterocycles. The predicted molar refractivity (Wildman–Crippen MR) is 95.3 cm³/mol. The van der Waals surface area contributed by atoms with Gasteiger partial charge in [0.25, 0.3) is 5.89 Å². The maximum Gasteiger partial charge on any atom is 0.274 e. The Morgan fingerprint density at radius 2 is 2.28 bits per heavy atom. The van der Waals surface area contributed by atoms with Gasteiger partial charge in [0, 0.05) is 16.5 Å². The summed E-state index contributed by atoms with van der Waals surface area (Å²) in [7, 11) is 0. The Morgan fingerprint density at radius 1 is 1.44 bits per heavy atom. The fourth-order valence-electron chi connectivity index (χ4n) is 2.97. The SMILES string of the molecule is Cc1cc(C)n(CC(=O)NCc2cccs2)c1-c1nc(C2CC2)no1. The van der Waals surface area contributed by atoms with Crippen LogP contribution in [0.4, 0.5) is 0 Å².